The summed E-state index contributed by atoms with van der Waals surface area (Å²) >= 11 is 0. The number of carbonyl (C=O) groups excluding carboxylic acids is 1. The maximum atomic E-state index is 12.9. The minimum absolute atomic E-state index is 0.0677. The van der Waals surface area contributed by atoms with Crippen LogP contribution in [-0.2, 0) is 6.54 Å². The van der Waals surface area contributed by atoms with E-state index in [1.165, 1.54) is 0 Å². The number of carbonyl (C=O) groups is 1. The third kappa shape index (κ3) is 3.34. The molecule has 0 unspecified atom stereocenters. The third-order valence-corrected chi connectivity index (χ3v) is 4.79. The second-order valence-electron chi connectivity index (χ2n) is 6.86. The number of phenols is 1. The van der Waals surface area contributed by atoms with Gasteiger partial charge in [0.15, 0.2) is 0 Å². The number of aromatic nitrogens is 2. The predicted molar refractivity (Wildman–Crippen MR) is 110 cm³/mol. The van der Waals surface area contributed by atoms with E-state index in [4.69, 9.17) is 0 Å². The summed E-state index contributed by atoms with van der Waals surface area (Å²) in [5.74, 6) is 1.03. The molecule has 0 saturated heterocycles. The summed E-state index contributed by atoms with van der Waals surface area (Å²) in [5, 5.41) is 9.40. The van der Waals surface area contributed by atoms with Crippen LogP contribution < -0.4 is 0 Å². The quantitative estimate of drug-likeness (QED) is 0.581. The minimum atomic E-state index is -0.0677. The number of benzene rings is 3. The van der Waals surface area contributed by atoms with Crippen molar-refractivity contribution >= 4 is 16.9 Å². The zero-order valence-corrected chi connectivity index (χ0v) is 15.8. The van der Waals surface area contributed by atoms with Crippen LogP contribution in [0.3, 0.4) is 0 Å². The van der Waals surface area contributed by atoms with Crippen molar-refractivity contribution in [3.63, 3.8) is 0 Å². The zero-order valence-electron chi connectivity index (χ0n) is 15.8. The van der Waals surface area contributed by atoms with Crippen molar-refractivity contribution in [3.05, 3.63) is 89.7 Å². The lowest BCUT2D eigenvalue weighted by molar-refractivity contribution is 0.0785. The van der Waals surface area contributed by atoms with Gasteiger partial charge in [-0.1, -0.05) is 30.3 Å². The standard InChI is InChI=1S/C23H21N3O2/c1-16-24-21-14-18(10-13-22(21)26(16)19-6-4-3-5-7-19)23(28)25(2)15-17-8-11-20(27)12-9-17/h3-14,27H,15H2,1-2H3. The van der Waals surface area contributed by atoms with Gasteiger partial charge in [0, 0.05) is 24.8 Å². The van der Waals surface area contributed by atoms with E-state index in [9.17, 15) is 9.90 Å². The number of amides is 1. The molecule has 28 heavy (non-hydrogen) atoms. The molecule has 3 aromatic carbocycles. The van der Waals surface area contributed by atoms with Gasteiger partial charge >= 0.3 is 0 Å². The Bertz CT molecular complexity index is 1130. The molecule has 0 atom stereocenters. The molecule has 0 bridgehead atoms. The fraction of sp³-hybridized carbons (Fsp3) is 0.130. The van der Waals surface area contributed by atoms with Crippen molar-refractivity contribution in [2.75, 3.05) is 7.05 Å². The normalized spacial score (nSPS) is 10.9. The second-order valence-corrected chi connectivity index (χ2v) is 6.86. The van der Waals surface area contributed by atoms with Crippen molar-refractivity contribution in [2.24, 2.45) is 0 Å². The molecule has 0 radical (unpaired) electrons. The SMILES string of the molecule is Cc1nc2cc(C(=O)N(C)Cc3ccc(O)cc3)ccc2n1-c1ccccc1. The number of para-hydroxylation sites is 1. The van der Waals surface area contributed by atoms with Crippen molar-refractivity contribution in [1.29, 1.82) is 0 Å². The number of aromatic hydroxyl groups is 1. The van der Waals surface area contributed by atoms with Crippen molar-refractivity contribution in [3.8, 4) is 11.4 Å². The van der Waals surface area contributed by atoms with E-state index in [2.05, 4.69) is 9.55 Å². The maximum Gasteiger partial charge on any atom is 0.253 e. The van der Waals surface area contributed by atoms with Crippen LogP contribution in [0.2, 0.25) is 0 Å². The van der Waals surface area contributed by atoms with Crippen LogP contribution in [0.4, 0.5) is 0 Å². The Labute approximate surface area is 163 Å². The van der Waals surface area contributed by atoms with E-state index >= 15 is 0 Å². The summed E-state index contributed by atoms with van der Waals surface area (Å²) in [6.07, 6.45) is 0. The van der Waals surface area contributed by atoms with Crippen molar-refractivity contribution in [1.82, 2.24) is 14.5 Å². The Balaban J connectivity index is 1.62. The van der Waals surface area contributed by atoms with E-state index < -0.39 is 0 Å². The van der Waals surface area contributed by atoms with E-state index in [0.29, 0.717) is 12.1 Å². The number of aryl methyl sites for hydroxylation is 1. The zero-order chi connectivity index (χ0) is 19.7. The topological polar surface area (TPSA) is 58.4 Å². The average Bonchev–Trinajstić information content (AvgIpc) is 3.04. The van der Waals surface area contributed by atoms with E-state index in [-0.39, 0.29) is 11.7 Å². The molecule has 4 aromatic rings. The van der Waals surface area contributed by atoms with Gasteiger partial charge in [0.05, 0.1) is 11.0 Å². The molecule has 0 aliphatic carbocycles. The number of hydrogen-bond acceptors (Lipinski definition) is 3. The highest BCUT2D eigenvalue weighted by Gasteiger charge is 2.15. The van der Waals surface area contributed by atoms with Crippen molar-refractivity contribution < 1.29 is 9.90 Å². The Morgan fingerprint density at radius 3 is 2.46 bits per heavy atom. The first kappa shape index (κ1) is 17.8. The van der Waals surface area contributed by atoms with Crippen LogP contribution in [0.1, 0.15) is 21.7 Å². The monoisotopic (exact) mass is 371 g/mol. The van der Waals surface area contributed by atoms with E-state index in [1.807, 2.05) is 67.6 Å². The molecule has 1 aromatic heterocycles. The second kappa shape index (κ2) is 7.19. The summed E-state index contributed by atoms with van der Waals surface area (Å²) in [6.45, 7) is 2.43. The minimum Gasteiger partial charge on any atom is -0.508 e. The molecule has 0 fully saturated rings. The Morgan fingerprint density at radius 1 is 1.04 bits per heavy atom. The lowest BCUT2D eigenvalue weighted by Crippen LogP contribution is -2.26. The van der Waals surface area contributed by atoms with Crippen LogP contribution in [-0.4, -0.2) is 32.5 Å². The summed E-state index contributed by atoms with van der Waals surface area (Å²) in [7, 11) is 1.77. The van der Waals surface area contributed by atoms with Crippen LogP contribution in [0.5, 0.6) is 5.75 Å². The van der Waals surface area contributed by atoms with Crippen molar-refractivity contribution in [2.45, 2.75) is 13.5 Å². The number of imidazole rings is 1. The first-order valence-corrected chi connectivity index (χ1v) is 9.11. The van der Waals surface area contributed by atoms with Gasteiger partial charge in [0.2, 0.25) is 0 Å². The molecule has 5 nitrogen and oxygen atoms in total. The third-order valence-electron chi connectivity index (χ3n) is 4.79. The lowest BCUT2D eigenvalue weighted by Gasteiger charge is -2.17. The van der Waals surface area contributed by atoms with Gasteiger partial charge in [-0.25, -0.2) is 4.98 Å². The smallest absolute Gasteiger partial charge is 0.253 e. The number of hydrogen-bond donors (Lipinski definition) is 1. The molecule has 5 heteroatoms. The molecule has 0 aliphatic rings. The average molecular weight is 371 g/mol. The Morgan fingerprint density at radius 2 is 1.75 bits per heavy atom. The number of nitrogens with zero attached hydrogens (tertiary/aromatic N) is 3. The molecule has 0 spiro atoms. The number of fused-ring (bicyclic) bond motifs is 1. The van der Waals surface area contributed by atoms with Gasteiger partial charge < -0.3 is 10.0 Å². The van der Waals surface area contributed by atoms with Crippen LogP contribution in [0.15, 0.2) is 72.8 Å². The maximum absolute atomic E-state index is 12.9. The van der Waals surface area contributed by atoms with Gasteiger partial charge in [0.1, 0.15) is 11.6 Å². The Kier molecular flexibility index (Phi) is 4.57. The first-order chi connectivity index (χ1) is 13.5. The highest BCUT2D eigenvalue weighted by Crippen LogP contribution is 2.23. The highest BCUT2D eigenvalue weighted by molar-refractivity contribution is 5.97. The summed E-state index contributed by atoms with van der Waals surface area (Å²) < 4.78 is 2.09. The van der Waals surface area contributed by atoms with Crippen LogP contribution >= 0.6 is 0 Å². The number of phenolic OH excluding ortho intramolecular Hbond substituents is 1. The van der Waals surface area contributed by atoms with Gasteiger partial charge in [-0.3, -0.25) is 9.36 Å². The number of rotatable bonds is 4. The van der Waals surface area contributed by atoms with E-state index in [1.54, 1.807) is 24.1 Å². The molecule has 4 rings (SSSR count). The van der Waals surface area contributed by atoms with Gasteiger partial charge in [-0.05, 0) is 55.0 Å². The van der Waals surface area contributed by atoms with Crippen LogP contribution in [0.25, 0.3) is 16.7 Å². The van der Waals surface area contributed by atoms with Gasteiger partial charge in [0.25, 0.3) is 5.91 Å². The molecule has 0 aliphatic heterocycles. The summed E-state index contributed by atoms with van der Waals surface area (Å²) in [4.78, 5) is 19.2. The fourth-order valence-electron chi connectivity index (χ4n) is 3.40. The van der Waals surface area contributed by atoms with Gasteiger partial charge in [-0.15, -0.1) is 0 Å². The predicted octanol–water partition coefficient (Wildman–Crippen LogP) is 4.31. The highest BCUT2D eigenvalue weighted by atomic mass is 16.3. The molecular weight excluding hydrogens is 350 g/mol. The molecule has 1 amide bonds. The molecule has 140 valence electrons. The molecule has 1 N–H and O–H groups in total. The molecule has 0 saturated carbocycles. The largest absolute Gasteiger partial charge is 0.508 e. The Hall–Kier alpha value is -3.60. The first-order valence-electron chi connectivity index (χ1n) is 9.11. The lowest BCUT2D eigenvalue weighted by atomic mass is 10.1. The fourth-order valence-corrected chi connectivity index (χ4v) is 3.40. The molecular formula is C23H21N3O2. The van der Waals surface area contributed by atoms with Crippen LogP contribution in [0, 0.1) is 6.92 Å². The molecule has 1 heterocycles. The summed E-state index contributed by atoms with van der Waals surface area (Å²) in [5.41, 5.74) is 4.38. The van der Waals surface area contributed by atoms with Gasteiger partial charge in [-0.2, -0.15) is 0 Å². The summed E-state index contributed by atoms with van der Waals surface area (Å²) in [6, 6.07) is 22.6. The van der Waals surface area contributed by atoms with E-state index in [0.717, 1.165) is 28.1 Å².